The Morgan fingerprint density at radius 3 is 2.48 bits per heavy atom. The molecule has 0 fully saturated rings. The van der Waals surface area contributed by atoms with Crippen LogP contribution < -0.4 is 5.32 Å². The third-order valence-electron chi connectivity index (χ3n) is 2.83. The number of aromatic nitrogens is 2. The topological polar surface area (TPSA) is 82.5 Å². The fourth-order valence-corrected chi connectivity index (χ4v) is 1.82. The smallest absolute Gasteiger partial charge is 0.408 e. The van der Waals surface area contributed by atoms with Crippen molar-refractivity contribution in [1.29, 1.82) is 0 Å². The lowest BCUT2D eigenvalue weighted by Crippen LogP contribution is -2.35. The van der Waals surface area contributed by atoms with Crippen molar-refractivity contribution in [3.05, 3.63) is 18.2 Å². The zero-order chi connectivity index (χ0) is 16.2. The standard InChI is InChI=1S/C14H23N3O4/c1-9(16-13(19)21-14(3,4)5)11-7-15-8-17(11)10(2)12(18)20-6/h7-10H,1-6H3,(H,16,19). The van der Waals surface area contributed by atoms with Gasteiger partial charge < -0.3 is 19.4 Å². The van der Waals surface area contributed by atoms with Crippen LogP contribution in [-0.2, 0) is 14.3 Å². The van der Waals surface area contributed by atoms with E-state index in [9.17, 15) is 9.59 Å². The van der Waals surface area contributed by atoms with Crippen LogP contribution in [-0.4, -0.2) is 34.3 Å². The number of hydrogen-bond acceptors (Lipinski definition) is 5. The van der Waals surface area contributed by atoms with Crippen LogP contribution in [0.15, 0.2) is 12.5 Å². The van der Waals surface area contributed by atoms with Crippen LogP contribution in [0.2, 0.25) is 0 Å². The van der Waals surface area contributed by atoms with Crippen molar-refractivity contribution in [2.45, 2.75) is 52.3 Å². The number of rotatable bonds is 4. The van der Waals surface area contributed by atoms with Gasteiger partial charge in [-0.15, -0.1) is 0 Å². The molecule has 2 unspecified atom stereocenters. The highest BCUT2D eigenvalue weighted by Crippen LogP contribution is 2.18. The summed E-state index contributed by atoms with van der Waals surface area (Å²) in [6.07, 6.45) is 2.61. The van der Waals surface area contributed by atoms with E-state index < -0.39 is 17.7 Å². The second-order valence-corrected chi connectivity index (χ2v) is 5.79. The van der Waals surface area contributed by atoms with Crippen LogP contribution in [0.25, 0.3) is 0 Å². The van der Waals surface area contributed by atoms with Crippen molar-refractivity contribution >= 4 is 12.1 Å². The highest BCUT2D eigenvalue weighted by atomic mass is 16.6. The van der Waals surface area contributed by atoms with Gasteiger partial charge in [-0.2, -0.15) is 0 Å². The van der Waals surface area contributed by atoms with Crippen LogP contribution in [0.3, 0.4) is 0 Å². The van der Waals surface area contributed by atoms with E-state index in [0.717, 1.165) is 0 Å². The van der Waals surface area contributed by atoms with Gasteiger partial charge in [0.15, 0.2) is 0 Å². The number of esters is 1. The lowest BCUT2D eigenvalue weighted by Gasteiger charge is -2.23. The molecular weight excluding hydrogens is 274 g/mol. The molecule has 0 aromatic carbocycles. The molecule has 0 spiro atoms. The second-order valence-electron chi connectivity index (χ2n) is 5.79. The molecule has 7 heteroatoms. The first kappa shape index (κ1) is 17.0. The summed E-state index contributed by atoms with van der Waals surface area (Å²) in [5.74, 6) is -0.376. The fraction of sp³-hybridized carbons (Fsp3) is 0.643. The number of nitrogens with one attached hydrogen (secondary N) is 1. The first-order valence-corrected chi connectivity index (χ1v) is 6.74. The Kier molecular flexibility index (Phi) is 5.34. The monoisotopic (exact) mass is 297 g/mol. The number of carbonyl (C=O) groups is 2. The maximum Gasteiger partial charge on any atom is 0.408 e. The van der Waals surface area contributed by atoms with Gasteiger partial charge in [0.25, 0.3) is 0 Å². The second kappa shape index (κ2) is 6.60. The molecule has 1 amide bonds. The minimum atomic E-state index is -0.566. The fourth-order valence-electron chi connectivity index (χ4n) is 1.82. The first-order valence-electron chi connectivity index (χ1n) is 6.74. The molecule has 2 atom stereocenters. The number of ether oxygens (including phenoxy) is 2. The van der Waals surface area contributed by atoms with Gasteiger partial charge in [0.05, 0.1) is 31.4 Å². The SMILES string of the molecule is COC(=O)C(C)n1cncc1C(C)NC(=O)OC(C)(C)C. The number of carbonyl (C=O) groups excluding carboxylic acids is 2. The van der Waals surface area contributed by atoms with E-state index in [-0.39, 0.29) is 12.0 Å². The molecule has 0 aliphatic carbocycles. The summed E-state index contributed by atoms with van der Waals surface area (Å²) in [6.45, 7) is 8.88. The molecule has 1 rings (SSSR count). The lowest BCUT2D eigenvalue weighted by molar-refractivity contribution is -0.144. The number of alkyl carbamates (subject to hydrolysis) is 1. The zero-order valence-electron chi connectivity index (χ0n) is 13.3. The van der Waals surface area contributed by atoms with E-state index in [1.54, 1.807) is 45.4 Å². The summed E-state index contributed by atoms with van der Waals surface area (Å²) in [7, 11) is 1.33. The Bertz CT molecular complexity index is 505. The average Bonchev–Trinajstić information content (AvgIpc) is 2.83. The maximum atomic E-state index is 11.8. The van der Waals surface area contributed by atoms with Crippen LogP contribution in [0.5, 0.6) is 0 Å². The minimum Gasteiger partial charge on any atom is -0.467 e. The third-order valence-corrected chi connectivity index (χ3v) is 2.83. The summed E-state index contributed by atoms with van der Waals surface area (Å²) in [4.78, 5) is 27.4. The number of imidazole rings is 1. The molecule has 7 nitrogen and oxygen atoms in total. The summed E-state index contributed by atoms with van der Waals surface area (Å²) in [5.41, 5.74) is 0.127. The van der Waals surface area contributed by atoms with Gasteiger partial charge in [0.2, 0.25) is 0 Å². The molecule has 0 aliphatic heterocycles. The number of amides is 1. The quantitative estimate of drug-likeness (QED) is 0.861. The molecule has 0 bridgehead atoms. The molecule has 0 radical (unpaired) electrons. The minimum absolute atomic E-state index is 0.352. The molecule has 118 valence electrons. The predicted molar refractivity (Wildman–Crippen MR) is 76.7 cm³/mol. The van der Waals surface area contributed by atoms with Gasteiger partial charge in [-0.05, 0) is 34.6 Å². The van der Waals surface area contributed by atoms with Gasteiger partial charge in [-0.25, -0.2) is 14.6 Å². The van der Waals surface area contributed by atoms with Crippen LogP contribution in [0.1, 0.15) is 52.4 Å². The van der Waals surface area contributed by atoms with Gasteiger partial charge >= 0.3 is 12.1 Å². The summed E-state index contributed by atoms with van der Waals surface area (Å²) in [5, 5.41) is 2.72. The molecular formula is C14H23N3O4. The molecule has 1 heterocycles. The normalized spacial score (nSPS) is 14.2. The van der Waals surface area contributed by atoms with Crippen molar-refractivity contribution < 1.29 is 19.1 Å². The van der Waals surface area contributed by atoms with E-state index in [1.807, 2.05) is 0 Å². The molecule has 1 aromatic heterocycles. The Morgan fingerprint density at radius 1 is 1.33 bits per heavy atom. The van der Waals surface area contributed by atoms with E-state index in [0.29, 0.717) is 5.69 Å². The lowest BCUT2D eigenvalue weighted by atomic mass is 10.2. The van der Waals surface area contributed by atoms with Crippen LogP contribution in [0, 0.1) is 0 Å². The zero-order valence-corrected chi connectivity index (χ0v) is 13.3. The Balaban J connectivity index is 2.80. The van der Waals surface area contributed by atoms with Crippen LogP contribution in [0.4, 0.5) is 4.79 Å². The molecule has 21 heavy (non-hydrogen) atoms. The van der Waals surface area contributed by atoms with Crippen LogP contribution >= 0.6 is 0 Å². The molecule has 0 saturated carbocycles. The molecule has 1 aromatic rings. The Hall–Kier alpha value is -2.05. The average molecular weight is 297 g/mol. The summed E-state index contributed by atoms with van der Waals surface area (Å²) < 4.78 is 11.6. The number of hydrogen-bond donors (Lipinski definition) is 1. The highest BCUT2D eigenvalue weighted by Gasteiger charge is 2.23. The first-order chi connectivity index (χ1) is 9.65. The predicted octanol–water partition coefficient (Wildman–Crippen LogP) is 2.20. The maximum absolute atomic E-state index is 11.8. The Labute approximate surface area is 124 Å². The van der Waals surface area contributed by atoms with E-state index in [2.05, 4.69) is 10.3 Å². The Morgan fingerprint density at radius 2 is 1.95 bits per heavy atom. The molecule has 0 saturated heterocycles. The van der Waals surface area contributed by atoms with Crippen molar-refractivity contribution in [3.63, 3.8) is 0 Å². The molecule has 0 aliphatic rings. The van der Waals surface area contributed by atoms with Gasteiger partial charge in [0, 0.05) is 0 Å². The van der Waals surface area contributed by atoms with Crippen molar-refractivity contribution in [1.82, 2.24) is 14.9 Å². The van der Waals surface area contributed by atoms with E-state index in [4.69, 9.17) is 9.47 Å². The molecule has 1 N–H and O–H groups in total. The van der Waals surface area contributed by atoms with E-state index >= 15 is 0 Å². The summed E-state index contributed by atoms with van der Waals surface area (Å²) in [6, 6.07) is -0.871. The number of nitrogens with zero attached hydrogens (tertiary/aromatic N) is 2. The van der Waals surface area contributed by atoms with E-state index in [1.165, 1.54) is 13.4 Å². The largest absolute Gasteiger partial charge is 0.467 e. The van der Waals surface area contributed by atoms with Crippen molar-refractivity contribution in [3.8, 4) is 0 Å². The number of methoxy groups -OCH3 is 1. The van der Waals surface area contributed by atoms with Gasteiger partial charge in [-0.1, -0.05) is 0 Å². The highest BCUT2D eigenvalue weighted by molar-refractivity contribution is 5.73. The van der Waals surface area contributed by atoms with Crippen molar-refractivity contribution in [2.75, 3.05) is 7.11 Å². The van der Waals surface area contributed by atoms with Gasteiger partial charge in [-0.3, -0.25) is 0 Å². The van der Waals surface area contributed by atoms with Gasteiger partial charge in [0.1, 0.15) is 11.6 Å². The summed E-state index contributed by atoms with van der Waals surface area (Å²) >= 11 is 0. The third kappa shape index (κ3) is 4.77. The van der Waals surface area contributed by atoms with Crippen molar-refractivity contribution in [2.24, 2.45) is 0 Å².